The summed E-state index contributed by atoms with van der Waals surface area (Å²) in [6.07, 6.45) is 1.99. The van der Waals surface area contributed by atoms with Crippen LogP contribution in [-0.2, 0) is 4.79 Å². The van der Waals surface area contributed by atoms with Gasteiger partial charge >= 0.3 is 0 Å². The van der Waals surface area contributed by atoms with Gasteiger partial charge in [-0.15, -0.1) is 0 Å². The average Bonchev–Trinajstić information content (AvgIpc) is 2.50. The molecule has 5 heteroatoms. The van der Waals surface area contributed by atoms with Crippen molar-refractivity contribution >= 4 is 43.3 Å². The van der Waals surface area contributed by atoms with E-state index in [-0.39, 0.29) is 5.91 Å². The van der Waals surface area contributed by atoms with Crippen molar-refractivity contribution in [3.8, 4) is 11.5 Å². The number of benzene rings is 2. The molecular weight excluding hydrogens is 422 g/mol. The van der Waals surface area contributed by atoms with Crippen molar-refractivity contribution in [2.24, 2.45) is 0 Å². The summed E-state index contributed by atoms with van der Waals surface area (Å²) in [5.41, 5.74) is 2.20. The Hall–Kier alpha value is -1.59. The molecule has 0 saturated heterocycles. The highest BCUT2D eigenvalue weighted by Crippen LogP contribution is 2.32. The van der Waals surface area contributed by atoms with E-state index in [4.69, 9.17) is 4.74 Å². The molecule has 0 unspecified atom stereocenters. The second-order valence-corrected chi connectivity index (χ2v) is 6.80. The van der Waals surface area contributed by atoms with Crippen molar-refractivity contribution in [3.05, 3.63) is 63.0 Å². The Labute approximate surface area is 153 Å². The molecule has 0 bridgehead atoms. The lowest BCUT2D eigenvalue weighted by Gasteiger charge is -2.09. The van der Waals surface area contributed by atoms with Crippen LogP contribution in [0.4, 0.5) is 0 Å². The van der Waals surface area contributed by atoms with Gasteiger partial charge in [-0.05, 0) is 64.3 Å². The Bertz CT molecular complexity index is 724. The molecule has 0 aromatic heterocycles. The first-order valence-electron chi connectivity index (χ1n) is 7.10. The molecule has 0 spiro atoms. The molecule has 2 aromatic carbocycles. The van der Waals surface area contributed by atoms with E-state index in [0.29, 0.717) is 6.54 Å². The average molecular weight is 439 g/mol. The fraction of sp³-hybridized carbons (Fsp3) is 0.167. The third kappa shape index (κ3) is 5.52. The largest absolute Gasteiger partial charge is 0.456 e. The van der Waals surface area contributed by atoms with Gasteiger partial charge in [-0.3, -0.25) is 4.79 Å². The van der Waals surface area contributed by atoms with Crippen LogP contribution in [0.2, 0.25) is 0 Å². The van der Waals surface area contributed by atoms with E-state index in [1.807, 2.05) is 55.5 Å². The maximum absolute atomic E-state index is 10.9. The summed E-state index contributed by atoms with van der Waals surface area (Å²) < 4.78 is 7.75. The van der Waals surface area contributed by atoms with Crippen molar-refractivity contribution in [1.29, 1.82) is 0 Å². The highest BCUT2D eigenvalue weighted by Gasteiger charge is 2.04. The topological polar surface area (TPSA) is 38.3 Å². The first kappa shape index (κ1) is 17.8. The van der Waals surface area contributed by atoms with Crippen molar-refractivity contribution in [3.63, 3.8) is 0 Å². The van der Waals surface area contributed by atoms with Crippen LogP contribution in [0.25, 0.3) is 5.57 Å². The standard InChI is InChI=1S/C18H17Br2NO2/c1-12(9-10-21-13(2)22)14-3-6-16(7-4-14)23-18-8-5-15(19)11-17(18)20/h3-9,11H,10H2,1-2H3,(H,21,22)/b12-9-. The molecule has 3 nitrogen and oxygen atoms in total. The molecule has 1 N–H and O–H groups in total. The fourth-order valence-electron chi connectivity index (χ4n) is 1.94. The molecule has 120 valence electrons. The molecule has 2 aromatic rings. The second kappa shape index (κ2) is 8.31. The lowest BCUT2D eigenvalue weighted by atomic mass is 10.1. The molecule has 0 aliphatic heterocycles. The number of rotatable bonds is 5. The Kier molecular flexibility index (Phi) is 6.42. The zero-order valence-corrected chi connectivity index (χ0v) is 16.1. The first-order valence-corrected chi connectivity index (χ1v) is 8.69. The van der Waals surface area contributed by atoms with E-state index in [1.165, 1.54) is 6.92 Å². The number of halogens is 2. The number of amides is 1. The summed E-state index contributed by atoms with van der Waals surface area (Å²) >= 11 is 6.90. The van der Waals surface area contributed by atoms with Gasteiger partial charge in [0.2, 0.25) is 5.91 Å². The van der Waals surface area contributed by atoms with Gasteiger partial charge in [-0.25, -0.2) is 0 Å². The van der Waals surface area contributed by atoms with Crippen LogP contribution in [0.5, 0.6) is 11.5 Å². The second-order valence-electron chi connectivity index (χ2n) is 5.03. The highest BCUT2D eigenvalue weighted by molar-refractivity contribution is 9.11. The predicted octanol–water partition coefficient (Wildman–Crippen LogP) is 5.54. The van der Waals surface area contributed by atoms with Gasteiger partial charge in [0.05, 0.1) is 4.47 Å². The summed E-state index contributed by atoms with van der Waals surface area (Å²) in [4.78, 5) is 10.9. The van der Waals surface area contributed by atoms with E-state index in [1.54, 1.807) is 0 Å². The van der Waals surface area contributed by atoms with E-state index < -0.39 is 0 Å². The molecule has 23 heavy (non-hydrogen) atoms. The number of nitrogens with one attached hydrogen (secondary N) is 1. The Balaban J connectivity index is 2.05. The van der Waals surface area contributed by atoms with Crippen molar-refractivity contribution < 1.29 is 9.53 Å². The van der Waals surface area contributed by atoms with Crippen molar-refractivity contribution in [1.82, 2.24) is 5.32 Å². The summed E-state index contributed by atoms with van der Waals surface area (Å²) in [5.74, 6) is 1.50. The number of hydrogen-bond acceptors (Lipinski definition) is 2. The van der Waals surface area contributed by atoms with Crippen molar-refractivity contribution in [2.75, 3.05) is 6.54 Å². The van der Waals surface area contributed by atoms with Crippen LogP contribution in [0.15, 0.2) is 57.5 Å². The molecule has 0 atom stereocenters. The maximum Gasteiger partial charge on any atom is 0.217 e. The molecule has 0 saturated carbocycles. The number of allylic oxidation sites excluding steroid dienone is 1. The Morgan fingerprint density at radius 1 is 1.13 bits per heavy atom. The third-order valence-electron chi connectivity index (χ3n) is 3.19. The van der Waals surface area contributed by atoms with Gasteiger partial charge in [0, 0.05) is 17.9 Å². The summed E-state index contributed by atoms with van der Waals surface area (Å²) in [7, 11) is 0. The first-order chi connectivity index (χ1) is 11.0. The number of ether oxygens (including phenoxy) is 1. The summed E-state index contributed by atoms with van der Waals surface area (Å²) in [6.45, 7) is 4.06. The van der Waals surface area contributed by atoms with Gasteiger partial charge < -0.3 is 10.1 Å². The van der Waals surface area contributed by atoms with E-state index >= 15 is 0 Å². The van der Waals surface area contributed by atoms with Gasteiger partial charge in [-0.2, -0.15) is 0 Å². The molecule has 0 radical (unpaired) electrons. The Morgan fingerprint density at radius 3 is 2.43 bits per heavy atom. The van der Waals surface area contributed by atoms with Gasteiger partial charge in [0.15, 0.2) is 0 Å². The monoisotopic (exact) mass is 437 g/mol. The van der Waals surface area contributed by atoms with Crippen molar-refractivity contribution in [2.45, 2.75) is 13.8 Å². The lowest BCUT2D eigenvalue weighted by molar-refractivity contribution is -0.118. The summed E-state index contributed by atoms with van der Waals surface area (Å²) in [5, 5.41) is 2.75. The minimum absolute atomic E-state index is 0.0297. The molecule has 0 heterocycles. The SMILES string of the molecule is CC(=O)NC/C=C(/C)c1ccc(Oc2ccc(Br)cc2Br)cc1. The van der Waals surface area contributed by atoms with E-state index in [0.717, 1.165) is 31.6 Å². The molecule has 2 rings (SSSR count). The van der Waals surface area contributed by atoms with E-state index in [2.05, 4.69) is 37.2 Å². The van der Waals surface area contributed by atoms with Crippen LogP contribution in [0, 0.1) is 0 Å². The zero-order chi connectivity index (χ0) is 16.8. The van der Waals surface area contributed by atoms with Gasteiger partial charge in [-0.1, -0.05) is 34.1 Å². The molecule has 0 aliphatic rings. The fourth-order valence-corrected chi connectivity index (χ4v) is 3.06. The highest BCUT2D eigenvalue weighted by atomic mass is 79.9. The molecule has 0 aliphatic carbocycles. The molecular formula is C18H17Br2NO2. The quantitative estimate of drug-likeness (QED) is 0.665. The summed E-state index contributed by atoms with van der Waals surface area (Å²) in [6, 6.07) is 13.6. The minimum Gasteiger partial charge on any atom is -0.456 e. The lowest BCUT2D eigenvalue weighted by Crippen LogP contribution is -2.19. The minimum atomic E-state index is -0.0297. The van der Waals surface area contributed by atoms with Crippen LogP contribution < -0.4 is 10.1 Å². The number of carbonyl (C=O) groups excluding carboxylic acids is 1. The van der Waals surface area contributed by atoms with E-state index in [9.17, 15) is 4.79 Å². The Morgan fingerprint density at radius 2 is 1.83 bits per heavy atom. The smallest absolute Gasteiger partial charge is 0.217 e. The number of hydrogen-bond donors (Lipinski definition) is 1. The van der Waals surface area contributed by atoms with Crippen LogP contribution in [0.1, 0.15) is 19.4 Å². The van der Waals surface area contributed by atoms with Crippen LogP contribution in [0.3, 0.4) is 0 Å². The van der Waals surface area contributed by atoms with Crippen LogP contribution >= 0.6 is 31.9 Å². The normalized spacial score (nSPS) is 11.2. The van der Waals surface area contributed by atoms with Gasteiger partial charge in [0.25, 0.3) is 0 Å². The molecule has 1 amide bonds. The number of carbonyl (C=O) groups is 1. The third-order valence-corrected chi connectivity index (χ3v) is 4.30. The van der Waals surface area contributed by atoms with Gasteiger partial charge in [0.1, 0.15) is 11.5 Å². The van der Waals surface area contributed by atoms with Crippen LogP contribution in [-0.4, -0.2) is 12.5 Å². The predicted molar refractivity (Wildman–Crippen MR) is 101 cm³/mol. The molecule has 0 fully saturated rings. The maximum atomic E-state index is 10.9. The zero-order valence-electron chi connectivity index (χ0n) is 12.9.